The molecule has 0 aliphatic carbocycles. The first-order chi connectivity index (χ1) is 18.5. The molecule has 1 heterocycles. The second-order valence-corrected chi connectivity index (χ2v) is 10.2. The maximum atomic E-state index is 13.1. The number of halogens is 1. The van der Waals surface area contributed by atoms with Gasteiger partial charge in [-0.1, -0.05) is 30.3 Å². The van der Waals surface area contributed by atoms with E-state index >= 15 is 0 Å². The Bertz CT molecular complexity index is 1320. The molecular formula is C29H34FN5O4. The minimum absolute atomic E-state index is 0.0609. The summed E-state index contributed by atoms with van der Waals surface area (Å²) < 4.78 is 13.1. The molecule has 2 aromatic carbocycles. The van der Waals surface area contributed by atoms with E-state index in [9.17, 15) is 23.6 Å². The molecule has 39 heavy (non-hydrogen) atoms. The second kappa shape index (κ2) is 13.5. The number of carbonyl (C=O) groups excluding carboxylic acids is 4. The smallest absolute Gasteiger partial charge is 0.253 e. The van der Waals surface area contributed by atoms with Crippen LogP contribution in [-0.2, 0) is 20.8 Å². The van der Waals surface area contributed by atoms with Gasteiger partial charge in [0.1, 0.15) is 11.9 Å². The highest BCUT2D eigenvalue weighted by Crippen LogP contribution is 2.15. The SMILES string of the molecule is CC(C)(C)NC(=O)CC(NC(=O)CCc1ccc(F)cc1)C(=O)NCCNC(=O)c1cccc2cccnc12. The average Bonchev–Trinajstić information content (AvgIpc) is 2.88. The lowest BCUT2D eigenvalue weighted by molar-refractivity contribution is -0.132. The molecule has 9 nitrogen and oxygen atoms in total. The molecule has 0 radical (unpaired) electrons. The normalized spacial score (nSPS) is 11.9. The van der Waals surface area contributed by atoms with Crippen LogP contribution in [0.2, 0.25) is 0 Å². The van der Waals surface area contributed by atoms with Gasteiger partial charge in [-0.15, -0.1) is 0 Å². The van der Waals surface area contributed by atoms with Gasteiger partial charge in [0.25, 0.3) is 5.91 Å². The van der Waals surface area contributed by atoms with E-state index < -0.39 is 29.3 Å². The Hall–Kier alpha value is -4.34. The molecule has 0 saturated heterocycles. The minimum atomic E-state index is -1.11. The number of benzene rings is 2. The van der Waals surface area contributed by atoms with Gasteiger partial charge in [0.05, 0.1) is 17.5 Å². The molecule has 0 saturated carbocycles. The topological polar surface area (TPSA) is 129 Å². The Kier molecular flexibility index (Phi) is 10.1. The van der Waals surface area contributed by atoms with Crippen LogP contribution in [0.25, 0.3) is 10.9 Å². The van der Waals surface area contributed by atoms with E-state index in [2.05, 4.69) is 26.3 Å². The van der Waals surface area contributed by atoms with Gasteiger partial charge in [-0.2, -0.15) is 0 Å². The molecule has 0 spiro atoms. The number of nitrogens with one attached hydrogen (secondary N) is 4. The number of carbonyl (C=O) groups is 4. The zero-order valence-electron chi connectivity index (χ0n) is 22.3. The van der Waals surface area contributed by atoms with Crippen molar-refractivity contribution in [1.29, 1.82) is 0 Å². The molecule has 4 amide bonds. The fourth-order valence-electron chi connectivity index (χ4n) is 3.91. The quantitative estimate of drug-likeness (QED) is 0.281. The molecule has 0 bridgehead atoms. The lowest BCUT2D eigenvalue weighted by Gasteiger charge is -2.23. The first-order valence-electron chi connectivity index (χ1n) is 12.8. The molecule has 0 aliphatic heterocycles. The largest absolute Gasteiger partial charge is 0.353 e. The summed E-state index contributed by atoms with van der Waals surface area (Å²) in [5.41, 5.74) is 1.26. The minimum Gasteiger partial charge on any atom is -0.353 e. The maximum Gasteiger partial charge on any atom is 0.253 e. The van der Waals surface area contributed by atoms with Crippen LogP contribution in [0.1, 0.15) is 49.5 Å². The number of amides is 4. The van der Waals surface area contributed by atoms with E-state index in [1.54, 1.807) is 36.5 Å². The van der Waals surface area contributed by atoms with Gasteiger partial charge in [-0.3, -0.25) is 24.2 Å². The summed E-state index contributed by atoms with van der Waals surface area (Å²) >= 11 is 0. The average molecular weight is 536 g/mol. The summed E-state index contributed by atoms with van der Waals surface area (Å²) in [6.07, 6.45) is 1.78. The van der Waals surface area contributed by atoms with Crippen LogP contribution in [0.4, 0.5) is 4.39 Å². The number of para-hydroxylation sites is 1. The predicted molar refractivity (Wildman–Crippen MR) is 146 cm³/mol. The van der Waals surface area contributed by atoms with Crippen molar-refractivity contribution in [2.45, 2.75) is 51.6 Å². The molecule has 0 fully saturated rings. The van der Waals surface area contributed by atoms with Crippen molar-refractivity contribution < 1.29 is 23.6 Å². The number of hydrogen-bond acceptors (Lipinski definition) is 5. The zero-order valence-corrected chi connectivity index (χ0v) is 22.3. The van der Waals surface area contributed by atoms with Crippen molar-refractivity contribution in [2.24, 2.45) is 0 Å². The fraction of sp³-hybridized carbons (Fsp3) is 0.345. The zero-order chi connectivity index (χ0) is 28.4. The summed E-state index contributed by atoms with van der Waals surface area (Å²) in [5, 5.41) is 11.7. The Morgan fingerprint density at radius 2 is 1.59 bits per heavy atom. The maximum absolute atomic E-state index is 13.1. The summed E-state index contributed by atoms with van der Waals surface area (Å²) in [4.78, 5) is 55.0. The van der Waals surface area contributed by atoms with Crippen LogP contribution in [0, 0.1) is 5.82 Å². The second-order valence-electron chi connectivity index (χ2n) is 10.2. The number of aryl methyl sites for hydroxylation is 1. The van der Waals surface area contributed by atoms with Gasteiger partial charge < -0.3 is 21.3 Å². The van der Waals surface area contributed by atoms with Crippen LogP contribution in [0.3, 0.4) is 0 Å². The number of fused-ring (bicyclic) bond motifs is 1. The lowest BCUT2D eigenvalue weighted by atomic mass is 10.1. The van der Waals surface area contributed by atoms with E-state index in [1.807, 2.05) is 32.9 Å². The monoisotopic (exact) mass is 535 g/mol. The molecule has 1 unspecified atom stereocenters. The van der Waals surface area contributed by atoms with E-state index in [-0.39, 0.29) is 37.7 Å². The molecule has 4 N–H and O–H groups in total. The Morgan fingerprint density at radius 1 is 0.897 bits per heavy atom. The van der Waals surface area contributed by atoms with Gasteiger partial charge >= 0.3 is 0 Å². The predicted octanol–water partition coefficient (Wildman–Crippen LogP) is 2.64. The third-order valence-electron chi connectivity index (χ3n) is 5.70. The first-order valence-corrected chi connectivity index (χ1v) is 12.8. The van der Waals surface area contributed by atoms with Crippen LogP contribution >= 0.6 is 0 Å². The third kappa shape index (κ3) is 9.48. The standard InChI is InChI=1S/C29H34FN5O4/c1-29(2,3)35-25(37)18-23(34-24(36)14-11-19-9-12-21(30)13-10-19)28(39)33-17-16-32-27(38)22-8-4-6-20-7-5-15-31-26(20)22/h4-10,12-13,15,23H,11,14,16-18H2,1-3H3,(H,32,38)(H,33,39)(H,34,36)(H,35,37). The van der Waals surface area contributed by atoms with E-state index in [1.165, 1.54) is 12.1 Å². The van der Waals surface area contributed by atoms with E-state index in [4.69, 9.17) is 0 Å². The summed E-state index contributed by atoms with van der Waals surface area (Å²) in [7, 11) is 0. The Balaban J connectivity index is 1.55. The third-order valence-corrected chi connectivity index (χ3v) is 5.70. The summed E-state index contributed by atoms with van der Waals surface area (Å²) in [6, 6.07) is 13.7. The molecule has 206 valence electrons. The molecule has 0 aliphatic rings. The van der Waals surface area contributed by atoms with Crippen molar-refractivity contribution in [1.82, 2.24) is 26.3 Å². The molecule has 3 rings (SSSR count). The number of pyridine rings is 1. The van der Waals surface area contributed by atoms with Crippen LogP contribution < -0.4 is 21.3 Å². The van der Waals surface area contributed by atoms with Crippen molar-refractivity contribution in [3.8, 4) is 0 Å². The van der Waals surface area contributed by atoms with E-state index in [0.717, 1.165) is 10.9 Å². The summed E-state index contributed by atoms with van der Waals surface area (Å²) in [5.74, 6) is -2.05. The fourth-order valence-corrected chi connectivity index (χ4v) is 3.91. The Labute approximate surface area is 227 Å². The highest BCUT2D eigenvalue weighted by atomic mass is 19.1. The molecule has 1 aromatic heterocycles. The summed E-state index contributed by atoms with van der Waals surface area (Å²) in [6.45, 7) is 5.67. The highest BCUT2D eigenvalue weighted by Gasteiger charge is 2.25. The molecule has 1 atom stereocenters. The Morgan fingerprint density at radius 3 is 2.31 bits per heavy atom. The number of rotatable bonds is 11. The van der Waals surface area contributed by atoms with Gasteiger partial charge in [0, 0.05) is 36.6 Å². The van der Waals surface area contributed by atoms with Crippen molar-refractivity contribution in [2.75, 3.05) is 13.1 Å². The van der Waals surface area contributed by atoms with Gasteiger partial charge in [-0.25, -0.2) is 4.39 Å². The molecule has 3 aromatic rings. The van der Waals surface area contributed by atoms with Gasteiger partial charge in [0.15, 0.2) is 0 Å². The first kappa shape index (κ1) is 29.2. The molecular weight excluding hydrogens is 501 g/mol. The number of nitrogens with zero attached hydrogens (tertiary/aromatic N) is 1. The number of aromatic nitrogens is 1. The van der Waals surface area contributed by atoms with Crippen molar-refractivity contribution in [3.05, 3.63) is 77.7 Å². The lowest BCUT2D eigenvalue weighted by Crippen LogP contribution is -2.51. The van der Waals surface area contributed by atoms with E-state index in [0.29, 0.717) is 17.5 Å². The van der Waals surface area contributed by atoms with Gasteiger partial charge in [0.2, 0.25) is 17.7 Å². The number of hydrogen-bond donors (Lipinski definition) is 4. The van der Waals surface area contributed by atoms with Crippen LogP contribution in [0.15, 0.2) is 60.8 Å². The van der Waals surface area contributed by atoms with Crippen LogP contribution in [0.5, 0.6) is 0 Å². The highest BCUT2D eigenvalue weighted by molar-refractivity contribution is 6.05. The van der Waals surface area contributed by atoms with Crippen molar-refractivity contribution in [3.63, 3.8) is 0 Å². The van der Waals surface area contributed by atoms with Gasteiger partial charge in [-0.05, 0) is 57.0 Å². The van der Waals surface area contributed by atoms with Crippen molar-refractivity contribution >= 4 is 34.5 Å². The van der Waals surface area contributed by atoms with Crippen LogP contribution in [-0.4, -0.2) is 53.3 Å². The molecule has 10 heteroatoms.